The zero-order chi connectivity index (χ0) is 26.7. The number of nitrogens with one attached hydrogen (secondary N) is 1. The van der Waals surface area contributed by atoms with Gasteiger partial charge in [0, 0.05) is 22.9 Å². The summed E-state index contributed by atoms with van der Waals surface area (Å²) in [5.41, 5.74) is 3.81. The van der Waals surface area contributed by atoms with Gasteiger partial charge in [-0.1, -0.05) is 12.1 Å². The molecule has 1 aromatic heterocycles. The molecule has 8 nitrogen and oxygen atoms in total. The van der Waals surface area contributed by atoms with E-state index >= 15 is 0 Å². The van der Waals surface area contributed by atoms with Crippen LogP contribution in [-0.4, -0.2) is 39.3 Å². The normalized spacial score (nSPS) is 10.8. The SMILES string of the molecule is COc1ccc2cc(CN(C(=O)c3cc(OC)c(OC)c(OC)c3)c3cccc(C)c3C)c(=O)[nH]c2c1. The Morgan fingerprint density at radius 2 is 1.57 bits per heavy atom. The number of hydrogen-bond donors (Lipinski definition) is 1. The average molecular weight is 503 g/mol. The second-order valence-corrected chi connectivity index (χ2v) is 8.60. The molecule has 4 aromatic rings. The average Bonchev–Trinajstić information content (AvgIpc) is 2.91. The molecule has 1 heterocycles. The molecule has 0 fully saturated rings. The van der Waals surface area contributed by atoms with Crippen molar-refractivity contribution >= 4 is 22.5 Å². The van der Waals surface area contributed by atoms with Crippen LogP contribution in [0.4, 0.5) is 5.69 Å². The fraction of sp³-hybridized carbons (Fsp3) is 0.241. The van der Waals surface area contributed by atoms with Crippen molar-refractivity contribution in [1.82, 2.24) is 4.98 Å². The maximum atomic E-state index is 14.1. The molecule has 37 heavy (non-hydrogen) atoms. The standard InChI is InChI=1S/C29H30N2O6/c1-17-8-7-9-24(18(17)2)31(29(33)20-13-25(35-4)27(37-6)26(14-20)36-5)16-21-12-19-10-11-22(34-3)15-23(19)30-28(21)32/h7-15H,16H2,1-6H3,(H,30,32). The lowest BCUT2D eigenvalue weighted by molar-refractivity contribution is 0.0984. The summed E-state index contributed by atoms with van der Waals surface area (Å²) in [4.78, 5) is 31.7. The van der Waals surface area contributed by atoms with Gasteiger partial charge in [-0.05, 0) is 66.8 Å². The molecule has 0 saturated carbocycles. The van der Waals surface area contributed by atoms with Crippen molar-refractivity contribution in [2.24, 2.45) is 0 Å². The van der Waals surface area contributed by atoms with Crippen LogP contribution in [0.15, 0.2) is 59.4 Å². The highest BCUT2D eigenvalue weighted by Crippen LogP contribution is 2.39. The zero-order valence-electron chi connectivity index (χ0n) is 21.8. The minimum absolute atomic E-state index is 0.0527. The van der Waals surface area contributed by atoms with E-state index in [1.807, 2.05) is 44.2 Å². The number of amides is 1. The number of benzene rings is 3. The van der Waals surface area contributed by atoms with Gasteiger partial charge in [0.25, 0.3) is 11.5 Å². The lowest BCUT2D eigenvalue weighted by Gasteiger charge is -2.26. The van der Waals surface area contributed by atoms with Crippen LogP contribution in [0.2, 0.25) is 0 Å². The molecule has 8 heteroatoms. The number of H-pyrrole nitrogens is 1. The van der Waals surface area contributed by atoms with Crippen molar-refractivity contribution in [2.45, 2.75) is 20.4 Å². The highest BCUT2D eigenvalue weighted by atomic mass is 16.5. The number of carbonyl (C=O) groups is 1. The van der Waals surface area contributed by atoms with Gasteiger partial charge in [0.1, 0.15) is 5.75 Å². The number of hydrogen-bond acceptors (Lipinski definition) is 6. The molecule has 0 radical (unpaired) electrons. The van der Waals surface area contributed by atoms with Gasteiger partial charge < -0.3 is 28.8 Å². The third-order valence-electron chi connectivity index (χ3n) is 6.48. The molecule has 0 saturated heterocycles. The van der Waals surface area contributed by atoms with Crippen molar-refractivity contribution in [3.63, 3.8) is 0 Å². The minimum Gasteiger partial charge on any atom is -0.497 e. The lowest BCUT2D eigenvalue weighted by Crippen LogP contribution is -2.33. The topological polar surface area (TPSA) is 90.1 Å². The molecule has 1 N–H and O–H groups in total. The van der Waals surface area contributed by atoms with Crippen molar-refractivity contribution in [1.29, 1.82) is 0 Å². The van der Waals surface area contributed by atoms with E-state index in [0.717, 1.165) is 16.5 Å². The Morgan fingerprint density at radius 3 is 2.19 bits per heavy atom. The number of fused-ring (bicyclic) bond motifs is 1. The van der Waals surface area contributed by atoms with Crippen molar-refractivity contribution < 1.29 is 23.7 Å². The number of rotatable bonds is 8. The first-order valence-corrected chi connectivity index (χ1v) is 11.7. The zero-order valence-corrected chi connectivity index (χ0v) is 21.8. The number of ether oxygens (including phenoxy) is 4. The number of aromatic amines is 1. The van der Waals surface area contributed by atoms with Crippen molar-refractivity contribution in [3.8, 4) is 23.0 Å². The van der Waals surface area contributed by atoms with Crippen molar-refractivity contribution in [2.75, 3.05) is 33.3 Å². The predicted molar refractivity (Wildman–Crippen MR) is 144 cm³/mol. The molecule has 1 amide bonds. The number of nitrogens with zero attached hydrogens (tertiary/aromatic N) is 1. The summed E-state index contributed by atoms with van der Waals surface area (Å²) in [6.45, 7) is 3.99. The number of anilines is 1. The van der Waals surface area contributed by atoms with E-state index in [-0.39, 0.29) is 18.0 Å². The van der Waals surface area contributed by atoms with E-state index in [4.69, 9.17) is 18.9 Å². The maximum absolute atomic E-state index is 14.1. The van der Waals surface area contributed by atoms with Crippen LogP contribution in [0.5, 0.6) is 23.0 Å². The van der Waals surface area contributed by atoms with E-state index in [1.54, 1.807) is 36.3 Å². The molecular weight excluding hydrogens is 472 g/mol. The van der Waals surface area contributed by atoms with Gasteiger partial charge in [-0.3, -0.25) is 9.59 Å². The van der Waals surface area contributed by atoms with E-state index in [0.29, 0.717) is 45.3 Å². The Kier molecular flexibility index (Phi) is 7.38. The third kappa shape index (κ3) is 4.95. The van der Waals surface area contributed by atoms with E-state index in [1.165, 1.54) is 21.3 Å². The molecule has 0 aliphatic heterocycles. The number of aryl methyl sites for hydroxylation is 1. The van der Waals surface area contributed by atoms with Gasteiger partial charge >= 0.3 is 0 Å². The quantitative estimate of drug-likeness (QED) is 0.364. The summed E-state index contributed by atoms with van der Waals surface area (Å²) in [5.74, 6) is 1.45. The molecule has 0 unspecified atom stereocenters. The van der Waals surface area contributed by atoms with Gasteiger partial charge in [-0.15, -0.1) is 0 Å². The first kappa shape index (κ1) is 25.6. The second-order valence-electron chi connectivity index (χ2n) is 8.60. The summed E-state index contributed by atoms with van der Waals surface area (Å²) < 4.78 is 21.6. The number of carbonyl (C=O) groups excluding carboxylic acids is 1. The van der Waals surface area contributed by atoms with Gasteiger partial charge in [0.05, 0.1) is 40.5 Å². The van der Waals surface area contributed by atoms with Crippen LogP contribution in [-0.2, 0) is 6.54 Å². The van der Waals surface area contributed by atoms with Crippen LogP contribution < -0.4 is 29.4 Å². The largest absolute Gasteiger partial charge is 0.497 e. The molecule has 3 aromatic carbocycles. The first-order chi connectivity index (χ1) is 17.8. The molecular formula is C29H30N2O6. The minimum atomic E-state index is -0.317. The molecule has 0 atom stereocenters. The van der Waals surface area contributed by atoms with Crippen LogP contribution >= 0.6 is 0 Å². The monoisotopic (exact) mass is 502 g/mol. The molecule has 4 rings (SSSR count). The first-order valence-electron chi connectivity index (χ1n) is 11.7. The Balaban J connectivity index is 1.85. The number of pyridine rings is 1. The third-order valence-corrected chi connectivity index (χ3v) is 6.48. The van der Waals surface area contributed by atoms with Gasteiger partial charge in [-0.2, -0.15) is 0 Å². The Hall–Kier alpha value is -4.46. The smallest absolute Gasteiger partial charge is 0.258 e. The highest BCUT2D eigenvalue weighted by molar-refractivity contribution is 6.07. The molecule has 0 bridgehead atoms. The van der Waals surface area contributed by atoms with Gasteiger partial charge in [-0.25, -0.2) is 0 Å². The summed E-state index contributed by atoms with van der Waals surface area (Å²) in [7, 11) is 6.08. The Bertz CT molecular complexity index is 1500. The van der Waals surface area contributed by atoms with Crippen LogP contribution in [0.3, 0.4) is 0 Å². The van der Waals surface area contributed by atoms with Crippen LogP contribution in [0, 0.1) is 13.8 Å². The van der Waals surface area contributed by atoms with E-state index in [9.17, 15) is 9.59 Å². The summed E-state index contributed by atoms with van der Waals surface area (Å²) in [6, 6.07) is 16.2. The maximum Gasteiger partial charge on any atom is 0.258 e. The number of aromatic nitrogens is 1. The lowest BCUT2D eigenvalue weighted by atomic mass is 10.0. The summed E-state index contributed by atoms with van der Waals surface area (Å²) in [6.07, 6.45) is 0. The predicted octanol–water partition coefficient (Wildman–Crippen LogP) is 5.03. The molecule has 0 spiro atoms. The second kappa shape index (κ2) is 10.7. The highest BCUT2D eigenvalue weighted by Gasteiger charge is 2.25. The van der Waals surface area contributed by atoms with Crippen molar-refractivity contribution in [3.05, 3.63) is 87.2 Å². The Labute approximate surface area is 215 Å². The van der Waals surface area contributed by atoms with Crippen LogP contribution in [0.1, 0.15) is 27.0 Å². The van der Waals surface area contributed by atoms with Crippen LogP contribution in [0.25, 0.3) is 10.9 Å². The van der Waals surface area contributed by atoms with E-state index in [2.05, 4.69) is 4.98 Å². The fourth-order valence-electron chi connectivity index (χ4n) is 4.29. The number of methoxy groups -OCH3 is 4. The summed E-state index contributed by atoms with van der Waals surface area (Å²) in [5, 5.41) is 0.830. The van der Waals surface area contributed by atoms with Gasteiger partial charge in [0.15, 0.2) is 11.5 Å². The fourth-order valence-corrected chi connectivity index (χ4v) is 4.29. The van der Waals surface area contributed by atoms with E-state index < -0.39 is 0 Å². The molecule has 0 aliphatic rings. The molecule has 0 aliphatic carbocycles. The Morgan fingerprint density at radius 1 is 0.865 bits per heavy atom. The molecule has 192 valence electrons. The van der Waals surface area contributed by atoms with Gasteiger partial charge in [0.2, 0.25) is 5.75 Å². The summed E-state index contributed by atoms with van der Waals surface area (Å²) >= 11 is 0.